The molecule has 0 radical (unpaired) electrons. The lowest BCUT2D eigenvalue weighted by atomic mass is 10.1. The summed E-state index contributed by atoms with van der Waals surface area (Å²) < 4.78 is 29.4. The highest BCUT2D eigenvalue weighted by Gasteiger charge is 2.41. The summed E-state index contributed by atoms with van der Waals surface area (Å²) in [6, 6.07) is -0.130. The van der Waals surface area contributed by atoms with Crippen molar-refractivity contribution < 1.29 is 18.0 Å². The smallest absolute Gasteiger partial charge is 0.192 e. The number of hydrogen-bond donors (Lipinski definition) is 1. The van der Waals surface area contributed by atoms with Crippen molar-refractivity contribution in [2.75, 3.05) is 31.2 Å². The highest BCUT2D eigenvalue weighted by molar-refractivity contribution is 7.91. The third-order valence-electron chi connectivity index (χ3n) is 4.86. The van der Waals surface area contributed by atoms with Gasteiger partial charge < -0.3 is 9.53 Å². The first kappa shape index (κ1) is 19.1. The second-order valence-corrected chi connectivity index (χ2v) is 14.6. The predicted octanol–water partition coefficient (Wildman–Crippen LogP) is 1.49. The van der Waals surface area contributed by atoms with Gasteiger partial charge in [-0.25, -0.2) is 8.42 Å². The average Bonchev–Trinajstić information content (AvgIpc) is 2.30. The maximum Gasteiger partial charge on any atom is 0.192 e. The van der Waals surface area contributed by atoms with Crippen LogP contribution in [0.15, 0.2) is 0 Å². The van der Waals surface area contributed by atoms with E-state index in [1.165, 1.54) is 0 Å². The fourth-order valence-electron chi connectivity index (χ4n) is 2.34. The number of aliphatic hydroxyl groups excluding tert-OH is 1. The van der Waals surface area contributed by atoms with Crippen LogP contribution in [0.1, 0.15) is 27.7 Å². The summed E-state index contributed by atoms with van der Waals surface area (Å²) in [5.74, 6) is 0.354. The number of aliphatic hydroxyl groups is 1. The van der Waals surface area contributed by atoms with E-state index in [-0.39, 0.29) is 35.3 Å². The van der Waals surface area contributed by atoms with Gasteiger partial charge in [-0.1, -0.05) is 20.8 Å². The van der Waals surface area contributed by atoms with Gasteiger partial charge in [-0.05, 0) is 25.1 Å². The van der Waals surface area contributed by atoms with Crippen LogP contribution in [0, 0.1) is 0 Å². The van der Waals surface area contributed by atoms with Crippen LogP contribution in [0.3, 0.4) is 0 Å². The average molecular weight is 338 g/mol. The fourth-order valence-corrected chi connectivity index (χ4v) is 5.01. The minimum absolute atomic E-state index is 0.00413. The van der Waals surface area contributed by atoms with Gasteiger partial charge in [0.2, 0.25) is 0 Å². The first-order valence-electron chi connectivity index (χ1n) is 7.63. The molecule has 1 saturated heterocycles. The normalized spacial score (nSPS) is 23.8. The molecule has 2 atom stereocenters. The van der Waals surface area contributed by atoms with E-state index in [1.54, 1.807) is 0 Å². The molecule has 0 aromatic carbocycles. The first-order valence-corrected chi connectivity index (χ1v) is 12.4. The van der Waals surface area contributed by atoms with Crippen LogP contribution in [0.25, 0.3) is 0 Å². The Morgan fingerprint density at radius 3 is 2.10 bits per heavy atom. The quantitative estimate of drug-likeness (QED) is 0.770. The van der Waals surface area contributed by atoms with E-state index in [4.69, 9.17) is 4.43 Å². The van der Waals surface area contributed by atoms with E-state index in [0.29, 0.717) is 13.1 Å². The molecule has 0 aromatic rings. The van der Waals surface area contributed by atoms with Crippen molar-refractivity contribution in [1.29, 1.82) is 0 Å². The van der Waals surface area contributed by atoms with Crippen LogP contribution in [0.4, 0.5) is 0 Å². The lowest BCUT2D eigenvalue weighted by molar-refractivity contribution is 0.0357. The fraction of sp³-hybridized carbons (Fsp3) is 1.00. The van der Waals surface area contributed by atoms with E-state index in [2.05, 4.69) is 38.8 Å². The van der Waals surface area contributed by atoms with Crippen LogP contribution in [0.2, 0.25) is 18.1 Å². The topological polar surface area (TPSA) is 66.8 Å². The zero-order valence-electron chi connectivity index (χ0n) is 14.2. The number of rotatable bonds is 5. The molecule has 126 valence electrons. The molecule has 1 N–H and O–H groups in total. The summed E-state index contributed by atoms with van der Waals surface area (Å²) in [6.07, 6.45) is -0.100. The van der Waals surface area contributed by atoms with Gasteiger partial charge in [0.05, 0.1) is 30.3 Å². The Bertz CT molecular complexity index is 430. The highest BCUT2D eigenvalue weighted by Crippen LogP contribution is 2.37. The van der Waals surface area contributed by atoms with Crippen molar-refractivity contribution in [1.82, 2.24) is 4.90 Å². The molecule has 1 heterocycles. The van der Waals surface area contributed by atoms with E-state index < -0.39 is 18.2 Å². The molecule has 0 spiro atoms. The Balaban J connectivity index is 2.72. The molecular formula is C14H31NO4SSi. The molecule has 1 aliphatic heterocycles. The summed E-state index contributed by atoms with van der Waals surface area (Å²) in [4.78, 5) is 2.05. The molecule has 21 heavy (non-hydrogen) atoms. The molecule has 1 rings (SSSR count). The third-order valence-corrected chi connectivity index (χ3v) is 11.0. The maximum absolute atomic E-state index is 11.5. The van der Waals surface area contributed by atoms with Gasteiger partial charge in [-0.2, -0.15) is 0 Å². The summed E-state index contributed by atoms with van der Waals surface area (Å²) in [5, 5.41) is 9.84. The van der Waals surface area contributed by atoms with Crippen LogP contribution in [-0.4, -0.2) is 70.1 Å². The molecule has 5 nitrogen and oxygen atoms in total. The lowest BCUT2D eigenvalue weighted by Crippen LogP contribution is -2.55. The third kappa shape index (κ3) is 5.02. The molecule has 1 fully saturated rings. The monoisotopic (exact) mass is 337 g/mol. The minimum atomic E-state index is -2.90. The first-order chi connectivity index (χ1) is 9.39. The number of hydrogen-bond acceptors (Lipinski definition) is 5. The molecule has 0 aliphatic carbocycles. The molecular weight excluding hydrogens is 306 g/mol. The zero-order valence-corrected chi connectivity index (χ0v) is 16.0. The second kappa shape index (κ2) is 6.66. The second-order valence-electron chi connectivity index (χ2n) is 7.52. The number of nitrogens with zero attached hydrogens (tertiary/aromatic N) is 1. The SMILES string of the molecule is C[C@H](O[Si](C)(C)C(C)(C)C)[C@H](CO)N1CCS(=O)(=O)CC1. The van der Waals surface area contributed by atoms with Crippen molar-refractivity contribution in [2.24, 2.45) is 0 Å². The Morgan fingerprint density at radius 2 is 1.71 bits per heavy atom. The summed E-state index contributed by atoms with van der Waals surface area (Å²) >= 11 is 0. The van der Waals surface area contributed by atoms with Gasteiger partial charge in [0.25, 0.3) is 0 Å². The van der Waals surface area contributed by atoms with Gasteiger partial charge in [0, 0.05) is 13.1 Å². The summed E-state index contributed by atoms with van der Waals surface area (Å²) in [7, 11) is -4.79. The highest BCUT2D eigenvalue weighted by atomic mass is 32.2. The van der Waals surface area contributed by atoms with Gasteiger partial charge in [0.15, 0.2) is 18.2 Å². The minimum Gasteiger partial charge on any atom is -0.413 e. The van der Waals surface area contributed by atoms with Crippen molar-refractivity contribution in [3.8, 4) is 0 Å². The Kier molecular flexibility index (Phi) is 6.06. The Labute approximate surface area is 130 Å². The molecule has 7 heteroatoms. The molecule has 0 saturated carbocycles. The predicted molar refractivity (Wildman–Crippen MR) is 88.8 cm³/mol. The Hall–Kier alpha value is 0.0469. The zero-order chi connectivity index (χ0) is 16.5. The summed E-state index contributed by atoms with van der Waals surface area (Å²) in [6.45, 7) is 13.9. The van der Waals surface area contributed by atoms with Gasteiger partial charge >= 0.3 is 0 Å². The van der Waals surface area contributed by atoms with Crippen molar-refractivity contribution in [2.45, 2.75) is 58.0 Å². The summed E-state index contributed by atoms with van der Waals surface area (Å²) in [5.41, 5.74) is 0. The van der Waals surface area contributed by atoms with Crippen LogP contribution in [-0.2, 0) is 14.3 Å². The molecule has 0 bridgehead atoms. The lowest BCUT2D eigenvalue weighted by Gasteiger charge is -2.43. The molecule has 0 amide bonds. The number of sulfone groups is 1. The van der Waals surface area contributed by atoms with Crippen molar-refractivity contribution in [3.05, 3.63) is 0 Å². The molecule has 0 unspecified atom stereocenters. The maximum atomic E-state index is 11.5. The molecule has 1 aliphatic rings. The standard InChI is InChI=1S/C14H31NO4SSi/c1-12(19-21(5,6)14(2,3)4)13(11-16)15-7-9-20(17,18)10-8-15/h12-13,16H,7-11H2,1-6H3/t12-,13-/m0/s1. The van der Waals surface area contributed by atoms with Crippen molar-refractivity contribution >= 4 is 18.2 Å². The van der Waals surface area contributed by atoms with E-state index in [0.717, 1.165) is 0 Å². The van der Waals surface area contributed by atoms with Crippen LogP contribution < -0.4 is 0 Å². The van der Waals surface area contributed by atoms with E-state index >= 15 is 0 Å². The largest absolute Gasteiger partial charge is 0.413 e. The van der Waals surface area contributed by atoms with E-state index in [9.17, 15) is 13.5 Å². The van der Waals surface area contributed by atoms with Crippen LogP contribution >= 0.6 is 0 Å². The van der Waals surface area contributed by atoms with Crippen molar-refractivity contribution in [3.63, 3.8) is 0 Å². The van der Waals surface area contributed by atoms with Gasteiger partial charge in [0.1, 0.15) is 0 Å². The Morgan fingerprint density at radius 1 is 1.24 bits per heavy atom. The van der Waals surface area contributed by atoms with Crippen LogP contribution in [0.5, 0.6) is 0 Å². The molecule has 0 aromatic heterocycles. The van der Waals surface area contributed by atoms with Gasteiger partial charge in [-0.15, -0.1) is 0 Å². The van der Waals surface area contributed by atoms with E-state index in [1.807, 2.05) is 6.92 Å². The van der Waals surface area contributed by atoms with Gasteiger partial charge in [-0.3, -0.25) is 4.90 Å².